The summed E-state index contributed by atoms with van der Waals surface area (Å²) in [7, 11) is 0. The summed E-state index contributed by atoms with van der Waals surface area (Å²) in [5.41, 5.74) is 0.519. The number of para-hydroxylation sites is 1. The third kappa shape index (κ3) is 5.66. The fourth-order valence-electron chi connectivity index (χ4n) is 7.90. The van der Waals surface area contributed by atoms with Crippen molar-refractivity contribution in [2.75, 3.05) is 6.61 Å². The number of carboxylic acids is 1. The minimum absolute atomic E-state index is 0.0221. The first kappa shape index (κ1) is 30.3. The van der Waals surface area contributed by atoms with E-state index in [1.807, 2.05) is 0 Å². The molecule has 1 aromatic carbocycles. The summed E-state index contributed by atoms with van der Waals surface area (Å²) in [6.45, 7) is 0.0743. The van der Waals surface area contributed by atoms with Gasteiger partial charge in [-0.05, 0) is 87.3 Å². The average molecular weight is 637 g/mol. The molecule has 4 bridgehead atoms. The van der Waals surface area contributed by atoms with Crippen LogP contribution in [0.3, 0.4) is 0 Å². The number of fused-ring (bicyclic) bond motifs is 1. The number of halogens is 3. The average Bonchev–Trinajstić information content (AvgIpc) is 3.34. The monoisotopic (exact) mass is 636 g/mol. The third-order valence-corrected chi connectivity index (χ3v) is 12.6. The zero-order chi connectivity index (χ0) is 30.6. The van der Waals surface area contributed by atoms with Gasteiger partial charge in [-0.1, -0.05) is 6.07 Å². The van der Waals surface area contributed by atoms with Gasteiger partial charge in [-0.2, -0.15) is 13.2 Å². The molecule has 14 heteroatoms. The highest BCUT2D eigenvalue weighted by atomic mass is 32.2. The van der Waals surface area contributed by atoms with E-state index in [-0.39, 0.29) is 34.5 Å². The molecule has 4 saturated carbocycles. The van der Waals surface area contributed by atoms with Crippen LogP contribution >= 0.6 is 11.9 Å². The van der Waals surface area contributed by atoms with Crippen LogP contribution < -0.4 is 15.5 Å². The molecular weight excluding hydrogens is 605 g/mol. The summed E-state index contributed by atoms with van der Waals surface area (Å²) in [6.07, 6.45) is 2.75. The van der Waals surface area contributed by atoms with Crippen LogP contribution in [0.5, 0.6) is 5.75 Å². The molecule has 5 aliphatic rings. The molecule has 43 heavy (non-hydrogen) atoms. The number of benzene rings is 1. The molecule has 2 heterocycles. The van der Waals surface area contributed by atoms with Crippen LogP contribution in [-0.2, 0) is 16.9 Å². The van der Waals surface area contributed by atoms with Crippen LogP contribution in [0, 0.1) is 35.5 Å². The molecule has 1 aromatic heterocycles. The maximum absolute atomic E-state index is 14.3. The normalized spacial score (nSPS) is 31.2. The maximum atomic E-state index is 14.3. The van der Waals surface area contributed by atoms with Gasteiger partial charge in [0.05, 0.1) is 16.6 Å². The Hall–Kier alpha value is -2.71. The Kier molecular flexibility index (Phi) is 7.99. The first-order valence-corrected chi connectivity index (χ1v) is 16.4. The zero-order valence-corrected chi connectivity index (χ0v) is 25.0. The summed E-state index contributed by atoms with van der Waals surface area (Å²) in [5, 5.41) is 10.3. The topological polar surface area (TPSA) is 137 Å². The van der Waals surface area contributed by atoms with E-state index in [2.05, 4.69) is 9.57 Å². The van der Waals surface area contributed by atoms with Crippen LogP contribution in [0.25, 0.3) is 0 Å². The Labute approximate surface area is 253 Å². The molecule has 1 N–H and O–H groups in total. The standard InChI is InChI=1S/C29H31F3N4O5S2/c1-16-23(33-8-5-24(16)41-15-28(30,31)32)14-43(40)29(34-22-4-2-3-21(26(37)38)25(22)35-29)7-6-27(42-36-39)19-10-17-9-18(12-19)13-20(27)11-17/h2-5,8,17-20H,6-7,9-15H2,1H3,(H,37,38). The van der Waals surface area contributed by atoms with Crippen molar-refractivity contribution in [2.24, 2.45) is 38.2 Å². The van der Waals surface area contributed by atoms with E-state index in [4.69, 9.17) is 14.7 Å². The van der Waals surface area contributed by atoms with Crippen molar-refractivity contribution in [3.8, 4) is 5.75 Å². The summed E-state index contributed by atoms with van der Waals surface area (Å²) in [6, 6.07) is 5.92. The van der Waals surface area contributed by atoms with E-state index < -0.39 is 39.7 Å². The Morgan fingerprint density at radius 2 is 1.84 bits per heavy atom. The van der Waals surface area contributed by atoms with Gasteiger partial charge in [0.15, 0.2) is 12.4 Å². The van der Waals surface area contributed by atoms with E-state index in [0.29, 0.717) is 41.0 Å². The van der Waals surface area contributed by atoms with Crippen LogP contribution in [0.15, 0.2) is 45.0 Å². The molecule has 9 nitrogen and oxygen atoms in total. The zero-order valence-electron chi connectivity index (χ0n) is 23.4. The molecule has 1 aliphatic heterocycles. The van der Waals surface area contributed by atoms with Gasteiger partial charge in [-0.25, -0.2) is 14.8 Å². The SMILES string of the molecule is Cc1c(OCC(F)(F)F)ccnc1C[S+]([O-])C1(CCC2(SN=O)C3CC4CC(C3)CC2C4)N=c2cccc(C(=O)O)c2=N1. The minimum atomic E-state index is -4.53. The minimum Gasteiger partial charge on any atom is -0.613 e. The highest BCUT2D eigenvalue weighted by molar-refractivity contribution is 7.99. The molecule has 2 unspecified atom stereocenters. The molecule has 0 radical (unpaired) electrons. The fraction of sp³-hybridized carbons (Fsp3) is 0.586. The van der Waals surface area contributed by atoms with E-state index in [0.717, 1.165) is 37.6 Å². The quantitative estimate of drug-likeness (QED) is 0.202. The van der Waals surface area contributed by atoms with Gasteiger partial charge in [-0.3, -0.25) is 4.98 Å². The number of ether oxygens (including phenoxy) is 1. The number of carboxylic acid groups (broad SMARTS) is 1. The van der Waals surface area contributed by atoms with Crippen molar-refractivity contribution in [1.29, 1.82) is 0 Å². The molecule has 0 spiro atoms. The lowest BCUT2D eigenvalue weighted by Crippen LogP contribution is -2.56. The summed E-state index contributed by atoms with van der Waals surface area (Å²) in [5.74, 6) is 0.476. The highest BCUT2D eigenvalue weighted by Crippen LogP contribution is 2.65. The van der Waals surface area contributed by atoms with Gasteiger partial charge in [0, 0.05) is 50.6 Å². The number of nitrogens with zero attached hydrogens (tertiary/aromatic N) is 4. The molecule has 0 saturated heterocycles. The number of aromatic carboxylic acids is 1. The van der Waals surface area contributed by atoms with Crippen molar-refractivity contribution in [3.63, 3.8) is 0 Å². The molecule has 230 valence electrons. The predicted molar refractivity (Wildman–Crippen MR) is 153 cm³/mol. The number of hydrogen-bond acceptors (Lipinski definition) is 9. The Morgan fingerprint density at radius 1 is 1.14 bits per heavy atom. The first-order chi connectivity index (χ1) is 20.4. The fourth-order valence-corrected chi connectivity index (χ4v) is 10.4. The van der Waals surface area contributed by atoms with Crippen LogP contribution in [0.2, 0.25) is 0 Å². The lowest BCUT2D eigenvalue weighted by atomic mass is 9.50. The van der Waals surface area contributed by atoms with Crippen molar-refractivity contribution >= 4 is 29.1 Å². The van der Waals surface area contributed by atoms with E-state index in [1.165, 1.54) is 24.8 Å². The lowest BCUT2D eigenvalue weighted by Gasteiger charge is -2.60. The van der Waals surface area contributed by atoms with Crippen molar-refractivity contribution in [3.05, 3.63) is 62.9 Å². The Morgan fingerprint density at radius 3 is 2.47 bits per heavy atom. The Balaban J connectivity index is 1.35. The van der Waals surface area contributed by atoms with Gasteiger partial charge in [0.25, 0.3) is 0 Å². The number of alkyl halides is 3. The first-order valence-electron chi connectivity index (χ1n) is 14.3. The second kappa shape index (κ2) is 11.3. The van der Waals surface area contributed by atoms with Gasteiger partial charge in [-0.15, -0.1) is 4.91 Å². The second-order valence-electron chi connectivity index (χ2n) is 12.1. The lowest BCUT2D eigenvalue weighted by molar-refractivity contribution is -0.153. The van der Waals surface area contributed by atoms with Crippen LogP contribution in [0.1, 0.15) is 66.6 Å². The molecule has 7 rings (SSSR count). The molecule has 4 fully saturated rings. The number of pyridine rings is 1. The molecule has 2 atom stereocenters. The number of rotatable bonds is 11. The van der Waals surface area contributed by atoms with E-state index >= 15 is 0 Å². The van der Waals surface area contributed by atoms with Gasteiger partial charge >= 0.3 is 17.1 Å². The number of carbonyl (C=O) groups is 1. The molecule has 0 amide bonds. The number of nitroso groups, excluding NO2 is 1. The largest absolute Gasteiger partial charge is 0.613 e. The summed E-state index contributed by atoms with van der Waals surface area (Å²) >= 11 is -0.820. The van der Waals surface area contributed by atoms with Gasteiger partial charge < -0.3 is 14.4 Å². The maximum Gasteiger partial charge on any atom is 0.422 e. The Bertz CT molecular complexity index is 1530. The smallest absolute Gasteiger partial charge is 0.422 e. The van der Waals surface area contributed by atoms with Crippen LogP contribution in [0.4, 0.5) is 13.2 Å². The van der Waals surface area contributed by atoms with Crippen molar-refractivity contribution in [2.45, 2.75) is 73.5 Å². The summed E-state index contributed by atoms with van der Waals surface area (Å²) in [4.78, 5) is 36.0. The number of aromatic nitrogens is 1. The van der Waals surface area contributed by atoms with Gasteiger partial charge in [0.1, 0.15) is 11.1 Å². The van der Waals surface area contributed by atoms with Crippen LogP contribution in [-0.4, -0.2) is 43.1 Å². The summed E-state index contributed by atoms with van der Waals surface area (Å²) < 4.78 is 60.6. The van der Waals surface area contributed by atoms with Gasteiger partial charge in [0.2, 0.25) is 0 Å². The third-order valence-electron chi connectivity index (χ3n) is 9.68. The molecular formula is C29H31F3N4O5S2. The highest BCUT2D eigenvalue weighted by Gasteiger charge is 2.59. The van der Waals surface area contributed by atoms with Crippen molar-refractivity contribution < 1.29 is 32.4 Å². The molecule has 2 aromatic rings. The van der Waals surface area contributed by atoms with E-state index in [1.54, 1.807) is 19.1 Å². The van der Waals surface area contributed by atoms with E-state index in [9.17, 15) is 32.5 Å². The number of hydrogen-bond donors (Lipinski definition) is 1. The van der Waals surface area contributed by atoms with Crippen molar-refractivity contribution in [1.82, 2.24) is 4.98 Å². The second-order valence-corrected chi connectivity index (χ2v) is 14.9. The predicted octanol–water partition coefficient (Wildman–Crippen LogP) is 5.27. The molecule has 4 aliphatic carbocycles.